The van der Waals surface area contributed by atoms with Gasteiger partial charge in [-0.1, -0.05) is 95.7 Å². The molecule has 0 aliphatic heterocycles. The van der Waals surface area contributed by atoms with Gasteiger partial charge >= 0.3 is 0 Å². The Labute approximate surface area is 156 Å². The van der Waals surface area contributed by atoms with Gasteiger partial charge in [-0.05, 0) is 40.5 Å². The molecule has 0 aromatic heterocycles. The molecule has 3 rings (SSSR count). The number of hydrogen-bond acceptors (Lipinski definition) is 0. The third-order valence-corrected chi connectivity index (χ3v) is 5.48. The van der Waals surface area contributed by atoms with Crippen LogP contribution >= 0.6 is 47.8 Å². The lowest BCUT2D eigenvalue weighted by Gasteiger charge is -2.13. The van der Waals surface area contributed by atoms with Crippen molar-refractivity contribution in [2.75, 3.05) is 0 Å². The molecule has 0 fully saturated rings. The van der Waals surface area contributed by atoms with Crippen LogP contribution in [0.3, 0.4) is 0 Å². The minimum atomic E-state index is 0.767. The fourth-order valence-electron chi connectivity index (χ4n) is 2.38. The number of rotatable bonds is 2. The Balaban J connectivity index is 2.18. The molecule has 3 aromatic carbocycles. The van der Waals surface area contributed by atoms with Crippen molar-refractivity contribution in [3.05, 3.63) is 74.1 Å². The molecule has 0 aliphatic carbocycles. The second-order valence-corrected chi connectivity index (χ2v) is 7.44. The number of hydrogen-bond donors (Lipinski definition) is 0. The van der Waals surface area contributed by atoms with Gasteiger partial charge in [0.05, 0.1) is 0 Å². The molecule has 22 heavy (non-hydrogen) atoms. The van der Waals surface area contributed by atoms with Gasteiger partial charge in [-0.2, -0.15) is 0 Å². The summed E-state index contributed by atoms with van der Waals surface area (Å²) in [5.74, 6) is 0. The van der Waals surface area contributed by atoms with Gasteiger partial charge in [0, 0.05) is 13.4 Å². The minimum Gasteiger partial charge on any atom is -0.0889 e. The van der Waals surface area contributed by atoms with Crippen LogP contribution in [0.4, 0.5) is 0 Å². The van der Waals surface area contributed by atoms with Crippen molar-refractivity contribution in [3.8, 4) is 22.3 Å². The van der Waals surface area contributed by atoms with Crippen LogP contribution < -0.4 is 5.46 Å². The van der Waals surface area contributed by atoms with Gasteiger partial charge in [0.2, 0.25) is 0 Å². The first-order chi connectivity index (χ1) is 10.6. The van der Waals surface area contributed by atoms with Crippen molar-refractivity contribution in [2.45, 2.75) is 0 Å². The highest BCUT2D eigenvalue weighted by Gasteiger charge is 2.12. The molecule has 0 amide bonds. The van der Waals surface area contributed by atoms with Crippen molar-refractivity contribution in [1.82, 2.24) is 0 Å². The molecule has 2 radical (unpaired) electrons. The Morgan fingerprint density at radius 3 is 1.64 bits per heavy atom. The molecule has 0 saturated heterocycles. The first-order valence-corrected chi connectivity index (χ1v) is 9.04. The van der Waals surface area contributed by atoms with Gasteiger partial charge in [-0.3, -0.25) is 0 Å². The van der Waals surface area contributed by atoms with E-state index in [0.29, 0.717) is 0 Å². The second-order valence-electron chi connectivity index (χ2n) is 4.88. The summed E-state index contributed by atoms with van der Waals surface area (Å²) in [6, 6.07) is 20.3. The van der Waals surface area contributed by atoms with E-state index in [1.165, 1.54) is 0 Å². The molecule has 3 aromatic rings. The van der Waals surface area contributed by atoms with Crippen molar-refractivity contribution in [2.24, 2.45) is 0 Å². The molecule has 0 bridgehead atoms. The van der Waals surface area contributed by atoms with Crippen molar-refractivity contribution < 1.29 is 0 Å². The molecule has 0 N–H and O–H groups in total. The lowest BCUT2D eigenvalue weighted by molar-refractivity contribution is 1.52. The van der Waals surface area contributed by atoms with E-state index in [4.69, 9.17) is 7.85 Å². The number of benzene rings is 3. The van der Waals surface area contributed by atoms with E-state index in [9.17, 15) is 0 Å². The average molecular weight is 477 g/mol. The molecule has 106 valence electrons. The molecule has 0 heterocycles. The van der Waals surface area contributed by atoms with E-state index in [-0.39, 0.29) is 0 Å². The Morgan fingerprint density at radius 2 is 1.05 bits per heavy atom. The molecule has 0 saturated carbocycles. The maximum atomic E-state index is 6.10. The fourth-order valence-corrected chi connectivity index (χ4v) is 3.99. The van der Waals surface area contributed by atoms with Gasteiger partial charge in [0.25, 0.3) is 0 Å². The highest BCUT2D eigenvalue weighted by molar-refractivity contribution is 9.11. The standard InChI is InChI=1S/C18H10BBr3/c19-15-7-3-1-5-11(15)13-9-18(22)14(10-17(13)21)12-6-2-4-8-16(12)20/h1-10H. The van der Waals surface area contributed by atoms with Crippen LogP contribution in [0.1, 0.15) is 0 Å². The Morgan fingerprint density at radius 1 is 0.545 bits per heavy atom. The molecule has 0 spiro atoms. The van der Waals surface area contributed by atoms with Crippen LogP contribution in [-0.2, 0) is 0 Å². The lowest BCUT2D eigenvalue weighted by Crippen LogP contribution is -2.05. The summed E-state index contributed by atoms with van der Waals surface area (Å²) >= 11 is 11.0. The molecule has 0 atom stereocenters. The first-order valence-electron chi connectivity index (χ1n) is 6.67. The van der Waals surface area contributed by atoms with Gasteiger partial charge in [-0.15, -0.1) is 0 Å². The normalized spacial score (nSPS) is 10.7. The van der Waals surface area contributed by atoms with E-state index in [2.05, 4.69) is 66.0 Å². The molecular weight excluding hydrogens is 467 g/mol. The van der Waals surface area contributed by atoms with Gasteiger partial charge < -0.3 is 0 Å². The molecule has 4 heteroatoms. The smallest absolute Gasteiger partial charge is 0.0889 e. The minimum absolute atomic E-state index is 0.767. The quantitative estimate of drug-likeness (QED) is 0.392. The van der Waals surface area contributed by atoms with E-state index in [1.807, 2.05) is 42.5 Å². The predicted molar refractivity (Wildman–Crippen MR) is 106 cm³/mol. The molecule has 0 unspecified atom stereocenters. The van der Waals surface area contributed by atoms with Gasteiger partial charge in [0.1, 0.15) is 7.85 Å². The Hall–Kier alpha value is -0.835. The average Bonchev–Trinajstić information content (AvgIpc) is 2.51. The summed E-state index contributed by atoms with van der Waals surface area (Å²) in [6.45, 7) is 0. The second kappa shape index (κ2) is 6.73. The van der Waals surface area contributed by atoms with Crippen LogP contribution in [0.2, 0.25) is 0 Å². The highest BCUT2D eigenvalue weighted by Crippen LogP contribution is 2.39. The summed E-state index contributed by atoms with van der Waals surface area (Å²) < 4.78 is 3.11. The summed E-state index contributed by atoms with van der Waals surface area (Å²) in [5.41, 5.74) is 5.12. The van der Waals surface area contributed by atoms with Crippen molar-refractivity contribution >= 4 is 61.1 Å². The summed E-state index contributed by atoms with van der Waals surface area (Å²) in [6.07, 6.45) is 0. The largest absolute Gasteiger partial charge is 0.114 e. The summed E-state index contributed by atoms with van der Waals surface area (Å²) in [4.78, 5) is 0. The van der Waals surface area contributed by atoms with Crippen LogP contribution in [-0.4, -0.2) is 7.85 Å². The van der Waals surface area contributed by atoms with Gasteiger partial charge in [-0.25, -0.2) is 0 Å². The monoisotopic (exact) mass is 474 g/mol. The maximum Gasteiger partial charge on any atom is 0.114 e. The van der Waals surface area contributed by atoms with Crippen molar-refractivity contribution in [1.29, 1.82) is 0 Å². The molecule has 0 aliphatic rings. The van der Waals surface area contributed by atoms with Crippen LogP contribution in [0.5, 0.6) is 0 Å². The zero-order valence-electron chi connectivity index (χ0n) is 11.5. The summed E-state index contributed by atoms with van der Waals surface area (Å²) in [7, 11) is 6.10. The zero-order valence-corrected chi connectivity index (χ0v) is 16.2. The van der Waals surface area contributed by atoms with E-state index in [0.717, 1.165) is 41.1 Å². The molecular formula is C18H10BBr3. The number of halogens is 3. The topological polar surface area (TPSA) is 0 Å². The first kappa shape index (κ1) is 16.0. The third-order valence-electron chi connectivity index (χ3n) is 3.47. The van der Waals surface area contributed by atoms with E-state index in [1.54, 1.807) is 0 Å². The lowest BCUT2D eigenvalue weighted by atomic mass is 9.87. The predicted octanol–water partition coefficient (Wildman–Crippen LogP) is 6.10. The van der Waals surface area contributed by atoms with Crippen LogP contribution in [0.25, 0.3) is 22.3 Å². The Bertz CT molecular complexity index is 772. The van der Waals surface area contributed by atoms with E-state index >= 15 is 0 Å². The third kappa shape index (κ3) is 3.10. The fraction of sp³-hybridized carbons (Fsp3) is 0. The van der Waals surface area contributed by atoms with Crippen molar-refractivity contribution in [3.63, 3.8) is 0 Å². The maximum absolute atomic E-state index is 6.10. The summed E-state index contributed by atoms with van der Waals surface area (Å²) in [5, 5.41) is 0. The van der Waals surface area contributed by atoms with Crippen LogP contribution in [0.15, 0.2) is 74.1 Å². The SMILES string of the molecule is [B]c1ccccc1-c1cc(Br)c(-c2ccccc2Br)cc1Br. The van der Waals surface area contributed by atoms with E-state index < -0.39 is 0 Å². The van der Waals surface area contributed by atoms with Gasteiger partial charge in [0.15, 0.2) is 0 Å². The van der Waals surface area contributed by atoms with Crippen LogP contribution in [0, 0.1) is 0 Å². The highest BCUT2D eigenvalue weighted by atomic mass is 79.9. The molecule has 0 nitrogen and oxygen atoms in total. The zero-order chi connectivity index (χ0) is 15.7. The Kier molecular flexibility index (Phi) is 4.91.